The highest BCUT2D eigenvalue weighted by atomic mass is 127. The number of primary amides is 1. The summed E-state index contributed by atoms with van der Waals surface area (Å²) in [5, 5.41) is 6.89. The smallest absolute Gasteiger partial charge is 0.255 e. The molecule has 1 amide bonds. The molecular weight excluding hydrogens is 455 g/mol. The van der Waals surface area contributed by atoms with E-state index in [1.54, 1.807) is 7.05 Å². The summed E-state index contributed by atoms with van der Waals surface area (Å²) in [5.41, 5.74) is 6.16. The van der Waals surface area contributed by atoms with Crippen LogP contribution in [0.4, 0.5) is 0 Å². The van der Waals surface area contributed by atoms with E-state index in [-0.39, 0.29) is 30.6 Å². The van der Waals surface area contributed by atoms with Crippen molar-refractivity contribution in [3.8, 4) is 5.75 Å². The van der Waals surface area contributed by atoms with Crippen LogP contribution in [0.1, 0.15) is 45.1 Å². The maximum Gasteiger partial charge on any atom is 0.255 e. The Balaban J connectivity index is 0.00000364. The van der Waals surface area contributed by atoms with Crippen molar-refractivity contribution in [3.63, 3.8) is 0 Å². The van der Waals surface area contributed by atoms with Crippen LogP contribution in [0.3, 0.4) is 0 Å². The van der Waals surface area contributed by atoms with Crippen LogP contribution >= 0.6 is 24.0 Å². The van der Waals surface area contributed by atoms with Crippen LogP contribution in [0.25, 0.3) is 0 Å². The molecular formula is C20H33IN4O2. The molecule has 7 heteroatoms. The minimum atomic E-state index is -0.481. The van der Waals surface area contributed by atoms with Gasteiger partial charge in [0, 0.05) is 19.6 Å². The van der Waals surface area contributed by atoms with Crippen LogP contribution in [0.2, 0.25) is 0 Å². The van der Waals surface area contributed by atoms with Gasteiger partial charge in [-0.15, -0.1) is 24.0 Å². The Morgan fingerprint density at radius 1 is 1.30 bits per heavy atom. The predicted octanol–water partition coefficient (Wildman–Crippen LogP) is 3.05. The molecule has 0 atom stereocenters. The highest BCUT2D eigenvalue weighted by Gasteiger charge is 2.23. The number of hydrogen-bond donors (Lipinski definition) is 3. The van der Waals surface area contributed by atoms with Gasteiger partial charge in [0.05, 0.1) is 0 Å². The highest BCUT2D eigenvalue weighted by molar-refractivity contribution is 14.0. The highest BCUT2D eigenvalue weighted by Crippen LogP contribution is 2.29. The largest absolute Gasteiger partial charge is 0.484 e. The van der Waals surface area contributed by atoms with Crippen LogP contribution in [0.15, 0.2) is 29.3 Å². The van der Waals surface area contributed by atoms with Crippen molar-refractivity contribution in [1.82, 2.24) is 10.6 Å². The van der Waals surface area contributed by atoms with Crippen molar-refractivity contribution in [3.05, 3.63) is 29.8 Å². The third-order valence-corrected chi connectivity index (χ3v) is 5.02. The average Bonchev–Trinajstić information content (AvgIpc) is 2.64. The van der Waals surface area contributed by atoms with E-state index < -0.39 is 5.91 Å². The molecule has 1 aromatic carbocycles. The first kappa shape index (κ1) is 23.5. The molecule has 1 saturated carbocycles. The quantitative estimate of drug-likeness (QED) is 0.313. The fraction of sp³-hybridized carbons (Fsp3) is 0.600. The van der Waals surface area contributed by atoms with Gasteiger partial charge in [0.1, 0.15) is 5.75 Å². The maximum atomic E-state index is 10.8. The lowest BCUT2D eigenvalue weighted by molar-refractivity contribution is -0.119. The fourth-order valence-corrected chi connectivity index (χ4v) is 3.40. The van der Waals surface area contributed by atoms with E-state index in [4.69, 9.17) is 10.5 Å². The molecule has 6 nitrogen and oxygen atoms in total. The van der Waals surface area contributed by atoms with Gasteiger partial charge in [-0.25, -0.2) is 0 Å². The zero-order valence-corrected chi connectivity index (χ0v) is 18.9. The van der Waals surface area contributed by atoms with E-state index in [1.807, 2.05) is 24.3 Å². The van der Waals surface area contributed by atoms with Crippen LogP contribution in [-0.2, 0) is 11.3 Å². The van der Waals surface area contributed by atoms with Gasteiger partial charge in [-0.2, -0.15) is 0 Å². The van der Waals surface area contributed by atoms with E-state index in [0.717, 1.165) is 23.4 Å². The lowest BCUT2D eigenvalue weighted by atomic mass is 9.80. The number of rotatable bonds is 7. The summed E-state index contributed by atoms with van der Waals surface area (Å²) in [6.45, 7) is 5.16. The first-order valence-corrected chi connectivity index (χ1v) is 9.45. The van der Waals surface area contributed by atoms with E-state index in [2.05, 4.69) is 29.5 Å². The SMILES string of the molecule is CN=C(NCc1cccc(OCC(N)=O)c1)NC1CCC(C(C)C)CC1.I. The Morgan fingerprint density at radius 2 is 2.00 bits per heavy atom. The maximum absolute atomic E-state index is 10.8. The third kappa shape index (κ3) is 8.36. The fourth-order valence-electron chi connectivity index (χ4n) is 3.40. The van der Waals surface area contributed by atoms with Crippen LogP contribution in [0.5, 0.6) is 5.75 Å². The number of carbonyl (C=O) groups is 1. The average molecular weight is 488 g/mol. The summed E-state index contributed by atoms with van der Waals surface area (Å²) in [6.07, 6.45) is 4.96. The Hall–Kier alpha value is -1.51. The van der Waals surface area contributed by atoms with Crippen molar-refractivity contribution >= 4 is 35.8 Å². The van der Waals surface area contributed by atoms with E-state index >= 15 is 0 Å². The number of nitrogens with one attached hydrogen (secondary N) is 2. The van der Waals surface area contributed by atoms with Crippen molar-refractivity contribution in [2.45, 2.75) is 52.1 Å². The molecule has 0 aromatic heterocycles. The molecule has 4 N–H and O–H groups in total. The lowest BCUT2D eigenvalue weighted by Gasteiger charge is -2.32. The number of aliphatic imine (C=N–C) groups is 1. The Morgan fingerprint density at radius 3 is 2.59 bits per heavy atom. The number of hydrogen-bond acceptors (Lipinski definition) is 3. The van der Waals surface area contributed by atoms with Crippen molar-refractivity contribution in [2.75, 3.05) is 13.7 Å². The predicted molar refractivity (Wildman–Crippen MR) is 120 cm³/mol. The standard InChI is InChI=1S/C20H32N4O2.HI/c1-14(2)16-7-9-17(10-8-16)24-20(22-3)23-12-15-5-4-6-18(11-15)26-13-19(21)25;/h4-6,11,14,16-17H,7-10,12-13H2,1-3H3,(H2,21,25)(H2,22,23,24);1H. The van der Waals surface area contributed by atoms with Gasteiger partial charge >= 0.3 is 0 Å². The topological polar surface area (TPSA) is 88.7 Å². The molecule has 0 radical (unpaired) electrons. The van der Waals surface area contributed by atoms with Crippen LogP contribution in [0, 0.1) is 11.8 Å². The summed E-state index contributed by atoms with van der Waals surface area (Å²) in [7, 11) is 1.79. The molecule has 27 heavy (non-hydrogen) atoms. The minimum absolute atomic E-state index is 0. The monoisotopic (exact) mass is 488 g/mol. The molecule has 1 fully saturated rings. The second-order valence-corrected chi connectivity index (χ2v) is 7.33. The number of carbonyl (C=O) groups excluding carboxylic acids is 1. The van der Waals surface area contributed by atoms with Gasteiger partial charge < -0.3 is 21.1 Å². The van der Waals surface area contributed by atoms with Crippen molar-refractivity contribution < 1.29 is 9.53 Å². The lowest BCUT2D eigenvalue weighted by Crippen LogP contribution is -2.44. The third-order valence-electron chi connectivity index (χ3n) is 5.02. The molecule has 0 unspecified atom stereocenters. The summed E-state index contributed by atoms with van der Waals surface area (Å²) in [4.78, 5) is 15.2. The summed E-state index contributed by atoms with van der Waals surface area (Å²) >= 11 is 0. The molecule has 1 aliphatic carbocycles. The van der Waals surface area contributed by atoms with Gasteiger partial charge in [0.25, 0.3) is 5.91 Å². The molecule has 0 spiro atoms. The number of nitrogens with zero attached hydrogens (tertiary/aromatic N) is 1. The number of halogens is 1. The summed E-state index contributed by atoms with van der Waals surface area (Å²) in [6, 6.07) is 8.10. The molecule has 1 aliphatic rings. The Labute approximate surface area is 179 Å². The molecule has 152 valence electrons. The van der Waals surface area contributed by atoms with Crippen LogP contribution in [-0.4, -0.2) is 31.6 Å². The molecule has 2 rings (SSSR count). The van der Waals surface area contributed by atoms with E-state index in [1.165, 1.54) is 25.7 Å². The number of ether oxygens (including phenoxy) is 1. The van der Waals surface area contributed by atoms with Gasteiger partial charge in [0.2, 0.25) is 0 Å². The normalized spacial score (nSPS) is 19.9. The first-order chi connectivity index (χ1) is 12.5. The Kier molecular flexibility index (Phi) is 10.5. The van der Waals surface area contributed by atoms with E-state index in [9.17, 15) is 4.79 Å². The molecule has 0 saturated heterocycles. The number of nitrogens with two attached hydrogens (primary N) is 1. The Bertz CT molecular complexity index is 614. The summed E-state index contributed by atoms with van der Waals surface area (Å²) < 4.78 is 5.34. The van der Waals surface area contributed by atoms with Gasteiger partial charge in [-0.1, -0.05) is 26.0 Å². The molecule has 0 bridgehead atoms. The zero-order valence-electron chi connectivity index (χ0n) is 16.5. The molecule has 1 aromatic rings. The number of benzene rings is 1. The van der Waals surface area contributed by atoms with E-state index in [0.29, 0.717) is 18.3 Å². The van der Waals surface area contributed by atoms with Gasteiger partial charge in [-0.05, 0) is 55.2 Å². The summed E-state index contributed by atoms with van der Waals surface area (Å²) in [5.74, 6) is 2.61. The minimum Gasteiger partial charge on any atom is -0.484 e. The molecule has 0 heterocycles. The van der Waals surface area contributed by atoms with Crippen LogP contribution < -0.4 is 21.1 Å². The van der Waals surface area contributed by atoms with Crippen molar-refractivity contribution in [1.29, 1.82) is 0 Å². The van der Waals surface area contributed by atoms with Gasteiger partial charge in [0.15, 0.2) is 12.6 Å². The van der Waals surface area contributed by atoms with Gasteiger partial charge in [-0.3, -0.25) is 9.79 Å². The zero-order chi connectivity index (χ0) is 18.9. The second-order valence-electron chi connectivity index (χ2n) is 7.33. The molecule has 0 aliphatic heterocycles. The first-order valence-electron chi connectivity index (χ1n) is 9.45. The number of amides is 1. The van der Waals surface area contributed by atoms with Crippen molar-refractivity contribution in [2.24, 2.45) is 22.6 Å². The number of guanidine groups is 1. The second kappa shape index (κ2) is 12.0.